The van der Waals surface area contributed by atoms with E-state index in [1.165, 1.54) is 11.8 Å². The van der Waals surface area contributed by atoms with Crippen LogP contribution in [0.15, 0.2) is 28.2 Å². The molecule has 7 nitrogen and oxygen atoms in total. The number of hydrogen-bond donors (Lipinski definition) is 0. The molecule has 2 aromatic heterocycles. The molecule has 0 spiro atoms. The number of nitrogens with zero attached hydrogens (tertiary/aromatic N) is 5. The third-order valence-electron chi connectivity index (χ3n) is 4.72. The molecule has 0 atom stereocenters. The predicted molar refractivity (Wildman–Crippen MR) is 108 cm³/mol. The first-order valence-corrected chi connectivity index (χ1v) is 10.5. The molecule has 0 aromatic carbocycles. The van der Waals surface area contributed by atoms with Crippen LogP contribution in [0.1, 0.15) is 20.8 Å². The van der Waals surface area contributed by atoms with Gasteiger partial charge in [0.05, 0.1) is 5.75 Å². The Bertz CT molecular complexity index is 859. The Hall–Kier alpha value is -1.93. The van der Waals surface area contributed by atoms with Gasteiger partial charge in [-0.25, -0.2) is 9.97 Å². The molecule has 8 heteroatoms. The number of piperazine rings is 1. The van der Waals surface area contributed by atoms with E-state index in [2.05, 4.69) is 35.6 Å². The number of rotatable bonds is 6. The van der Waals surface area contributed by atoms with Crippen molar-refractivity contribution in [3.63, 3.8) is 0 Å². The average Bonchev–Trinajstić information content (AvgIpc) is 2.68. The van der Waals surface area contributed by atoms with Crippen LogP contribution in [0.2, 0.25) is 0 Å². The molecule has 3 heterocycles. The maximum absolute atomic E-state index is 12.9. The van der Waals surface area contributed by atoms with E-state index in [4.69, 9.17) is 0 Å². The molecule has 0 N–H and O–H groups in total. The predicted octanol–water partition coefficient (Wildman–Crippen LogP) is 1.70. The minimum Gasteiger partial charge on any atom is -0.339 e. The number of fused-ring (bicyclic) bond motifs is 1. The Morgan fingerprint density at radius 1 is 1.26 bits per heavy atom. The monoisotopic (exact) mass is 389 g/mol. The van der Waals surface area contributed by atoms with Gasteiger partial charge in [-0.1, -0.05) is 32.5 Å². The molecule has 146 valence electrons. The number of carbonyl (C=O) groups excluding carboxylic acids is 1. The van der Waals surface area contributed by atoms with Crippen molar-refractivity contribution >= 4 is 28.8 Å². The summed E-state index contributed by atoms with van der Waals surface area (Å²) in [5.74, 6) is 0.616. The van der Waals surface area contributed by atoms with Crippen molar-refractivity contribution in [3.05, 3.63) is 28.7 Å². The Labute approximate surface area is 163 Å². The van der Waals surface area contributed by atoms with Crippen molar-refractivity contribution in [1.82, 2.24) is 24.3 Å². The minimum absolute atomic E-state index is 0.0682. The lowest BCUT2D eigenvalue weighted by molar-refractivity contribution is -0.130. The highest BCUT2D eigenvalue weighted by atomic mass is 32.2. The highest BCUT2D eigenvalue weighted by Crippen LogP contribution is 2.17. The molecule has 1 aliphatic heterocycles. The van der Waals surface area contributed by atoms with Crippen molar-refractivity contribution in [2.24, 2.45) is 5.92 Å². The molecule has 2 aromatic rings. The van der Waals surface area contributed by atoms with Crippen LogP contribution in [0.5, 0.6) is 0 Å². The van der Waals surface area contributed by atoms with E-state index in [1.807, 2.05) is 17.0 Å². The van der Waals surface area contributed by atoms with Crippen LogP contribution < -0.4 is 5.56 Å². The molecular formula is C19H27N5O2S. The summed E-state index contributed by atoms with van der Waals surface area (Å²) >= 11 is 1.23. The van der Waals surface area contributed by atoms with Gasteiger partial charge in [-0.2, -0.15) is 0 Å². The van der Waals surface area contributed by atoms with E-state index in [1.54, 1.807) is 10.8 Å². The third-order valence-corrected chi connectivity index (χ3v) is 5.65. The first kappa shape index (κ1) is 19.8. The molecule has 0 saturated carbocycles. The molecule has 3 rings (SSSR count). The van der Waals surface area contributed by atoms with Gasteiger partial charge in [0.15, 0.2) is 10.7 Å². The van der Waals surface area contributed by atoms with Gasteiger partial charge in [0, 0.05) is 38.9 Å². The Balaban J connectivity index is 1.76. The molecule has 0 aliphatic carbocycles. The van der Waals surface area contributed by atoms with Crippen LogP contribution >= 0.6 is 11.8 Å². The average molecular weight is 390 g/mol. The van der Waals surface area contributed by atoms with Crippen LogP contribution in [-0.4, -0.2) is 68.7 Å². The summed E-state index contributed by atoms with van der Waals surface area (Å²) in [7, 11) is 0. The summed E-state index contributed by atoms with van der Waals surface area (Å²) in [6.07, 6.45) is 1.67. The van der Waals surface area contributed by atoms with Crippen molar-refractivity contribution in [3.8, 4) is 0 Å². The fraction of sp³-hybridized carbons (Fsp3) is 0.579. The zero-order chi connectivity index (χ0) is 19.4. The number of likely N-dealkylation sites (N-methyl/N-ethyl adjacent to an activating group) is 1. The van der Waals surface area contributed by atoms with Crippen LogP contribution in [0.25, 0.3) is 11.2 Å². The van der Waals surface area contributed by atoms with E-state index in [0.717, 1.165) is 32.7 Å². The zero-order valence-corrected chi connectivity index (χ0v) is 17.0. The largest absolute Gasteiger partial charge is 0.339 e. The number of thioether (sulfide) groups is 1. The number of pyridine rings is 1. The molecule has 0 unspecified atom stereocenters. The summed E-state index contributed by atoms with van der Waals surface area (Å²) < 4.78 is 1.68. The van der Waals surface area contributed by atoms with Gasteiger partial charge in [-0.15, -0.1) is 0 Å². The van der Waals surface area contributed by atoms with Crippen molar-refractivity contribution in [2.45, 2.75) is 32.3 Å². The smallest absolute Gasteiger partial charge is 0.284 e. The first-order valence-electron chi connectivity index (χ1n) is 9.48. The van der Waals surface area contributed by atoms with Gasteiger partial charge in [-0.05, 0) is 24.6 Å². The van der Waals surface area contributed by atoms with E-state index in [0.29, 0.717) is 28.7 Å². The lowest BCUT2D eigenvalue weighted by Crippen LogP contribution is -2.49. The second kappa shape index (κ2) is 8.84. The van der Waals surface area contributed by atoms with Crippen LogP contribution in [0, 0.1) is 5.92 Å². The van der Waals surface area contributed by atoms with Crippen LogP contribution in [0.3, 0.4) is 0 Å². The van der Waals surface area contributed by atoms with Gasteiger partial charge in [0.25, 0.3) is 5.56 Å². The van der Waals surface area contributed by atoms with Gasteiger partial charge in [0.2, 0.25) is 5.91 Å². The van der Waals surface area contributed by atoms with E-state index in [9.17, 15) is 9.59 Å². The molecule has 0 bridgehead atoms. The van der Waals surface area contributed by atoms with E-state index < -0.39 is 0 Å². The lowest BCUT2D eigenvalue weighted by atomic mass is 10.2. The lowest BCUT2D eigenvalue weighted by Gasteiger charge is -2.34. The van der Waals surface area contributed by atoms with Crippen LogP contribution in [0.4, 0.5) is 0 Å². The van der Waals surface area contributed by atoms with Crippen molar-refractivity contribution in [2.75, 3.05) is 38.5 Å². The topological polar surface area (TPSA) is 71.3 Å². The normalized spacial score (nSPS) is 15.6. The van der Waals surface area contributed by atoms with Gasteiger partial charge < -0.3 is 9.80 Å². The molecule has 1 fully saturated rings. The summed E-state index contributed by atoms with van der Waals surface area (Å²) in [6, 6.07) is 3.67. The van der Waals surface area contributed by atoms with E-state index >= 15 is 0 Å². The quantitative estimate of drug-likeness (QED) is 0.701. The van der Waals surface area contributed by atoms with E-state index in [-0.39, 0.29) is 17.2 Å². The molecule has 0 radical (unpaired) electrons. The first-order chi connectivity index (χ1) is 13.0. The van der Waals surface area contributed by atoms with Gasteiger partial charge in [-0.3, -0.25) is 14.2 Å². The second-order valence-corrected chi connectivity index (χ2v) is 8.14. The van der Waals surface area contributed by atoms with Gasteiger partial charge in [0.1, 0.15) is 5.52 Å². The number of amides is 1. The van der Waals surface area contributed by atoms with Crippen LogP contribution in [-0.2, 0) is 11.3 Å². The minimum atomic E-state index is -0.163. The van der Waals surface area contributed by atoms with Crippen molar-refractivity contribution in [1.29, 1.82) is 0 Å². The Kier molecular flexibility index (Phi) is 6.49. The highest BCUT2D eigenvalue weighted by molar-refractivity contribution is 7.99. The van der Waals surface area contributed by atoms with Crippen molar-refractivity contribution < 1.29 is 4.79 Å². The summed E-state index contributed by atoms with van der Waals surface area (Å²) in [5, 5.41) is 0.372. The Morgan fingerprint density at radius 2 is 2.00 bits per heavy atom. The number of carbonyl (C=O) groups is 1. The fourth-order valence-corrected chi connectivity index (χ4v) is 4.06. The molecule has 1 amide bonds. The SMILES string of the molecule is CCN1CCN(C(=O)CSc2nc3cccnc3n(CC(C)C)c2=O)CC1. The fourth-order valence-electron chi connectivity index (χ4n) is 3.22. The standard InChI is InChI=1S/C19H27N5O2S/c1-4-22-8-10-23(11-9-22)16(25)13-27-18-19(26)24(12-14(2)3)17-15(21-18)6-5-7-20-17/h5-7,14H,4,8-13H2,1-3H3. The molecule has 1 aliphatic rings. The maximum Gasteiger partial charge on any atom is 0.284 e. The maximum atomic E-state index is 12.9. The number of aromatic nitrogens is 3. The molecule has 27 heavy (non-hydrogen) atoms. The summed E-state index contributed by atoms with van der Waals surface area (Å²) in [4.78, 5) is 38.5. The highest BCUT2D eigenvalue weighted by Gasteiger charge is 2.21. The zero-order valence-electron chi connectivity index (χ0n) is 16.2. The number of hydrogen-bond acceptors (Lipinski definition) is 6. The molecular weight excluding hydrogens is 362 g/mol. The third kappa shape index (κ3) is 4.68. The molecule has 1 saturated heterocycles. The van der Waals surface area contributed by atoms with Gasteiger partial charge >= 0.3 is 0 Å². The second-order valence-electron chi connectivity index (χ2n) is 7.18. The summed E-state index contributed by atoms with van der Waals surface area (Å²) in [5.41, 5.74) is 1.12. The Morgan fingerprint density at radius 3 is 2.67 bits per heavy atom. The summed E-state index contributed by atoms with van der Waals surface area (Å²) in [6.45, 7) is 11.2.